The summed E-state index contributed by atoms with van der Waals surface area (Å²) in [5.41, 5.74) is 0.799. The van der Waals surface area contributed by atoms with E-state index in [-0.39, 0.29) is 11.6 Å². The van der Waals surface area contributed by atoms with E-state index < -0.39 is 17.3 Å². The second-order valence-electron chi connectivity index (χ2n) is 6.71. The first-order valence-corrected chi connectivity index (χ1v) is 8.80. The molecule has 28 heavy (non-hydrogen) atoms. The number of hydrogen-bond donors (Lipinski definition) is 2. The summed E-state index contributed by atoms with van der Waals surface area (Å²) in [6.07, 6.45) is 0. The maximum absolute atomic E-state index is 13.3. The fourth-order valence-electron chi connectivity index (χ4n) is 3.05. The van der Waals surface area contributed by atoms with Gasteiger partial charge in [-0.1, -0.05) is 12.1 Å². The quantitative estimate of drug-likeness (QED) is 0.686. The molecule has 1 amide bonds. The van der Waals surface area contributed by atoms with E-state index in [1.165, 1.54) is 24.3 Å². The number of carbonyl (C=O) groups excluding carboxylic acids is 1. The Morgan fingerprint density at radius 1 is 1.18 bits per heavy atom. The van der Waals surface area contributed by atoms with E-state index in [0.29, 0.717) is 17.4 Å². The maximum Gasteiger partial charge on any atom is 0.261 e. The summed E-state index contributed by atoms with van der Waals surface area (Å²) in [4.78, 5) is 29.4. The van der Waals surface area contributed by atoms with Crippen LogP contribution in [0.3, 0.4) is 0 Å². The van der Waals surface area contributed by atoms with Crippen LogP contribution < -0.4 is 15.6 Å². The van der Waals surface area contributed by atoms with Crippen LogP contribution in [0.5, 0.6) is 5.75 Å². The van der Waals surface area contributed by atoms with E-state index in [1.54, 1.807) is 7.11 Å². The molecule has 6 nitrogen and oxygen atoms in total. The Hall–Kier alpha value is -3.19. The number of rotatable bonds is 6. The van der Waals surface area contributed by atoms with E-state index >= 15 is 0 Å². The van der Waals surface area contributed by atoms with Gasteiger partial charge in [0.1, 0.15) is 17.1 Å². The molecular formula is C21H22FN3O3. The van der Waals surface area contributed by atoms with Crippen molar-refractivity contribution in [2.75, 3.05) is 27.7 Å². The number of aromatic amines is 1. The average Bonchev–Trinajstić information content (AvgIpc) is 2.67. The lowest BCUT2D eigenvalue weighted by molar-refractivity contribution is 0.0940. The highest BCUT2D eigenvalue weighted by atomic mass is 19.1. The number of aromatic nitrogens is 1. The SMILES string of the molecule is COc1ccc(C(CNC(=O)c2cc3ccc(F)cc3[nH]c2=O)N(C)C)cc1. The molecule has 0 aliphatic rings. The summed E-state index contributed by atoms with van der Waals surface area (Å²) in [5.74, 6) is -0.175. The topological polar surface area (TPSA) is 74.4 Å². The van der Waals surface area contributed by atoms with Gasteiger partial charge in [-0.25, -0.2) is 4.39 Å². The number of halogens is 1. The molecule has 2 aromatic carbocycles. The molecular weight excluding hydrogens is 361 g/mol. The van der Waals surface area contributed by atoms with Crippen molar-refractivity contribution in [1.29, 1.82) is 0 Å². The maximum atomic E-state index is 13.3. The van der Waals surface area contributed by atoms with Gasteiger partial charge in [-0.3, -0.25) is 9.59 Å². The molecule has 1 atom stereocenters. The zero-order valence-corrected chi connectivity index (χ0v) is 16.0. The molecule has 3 aromatic rings. The molecule has 1 heterocycles. The van der Waals surface area contributed by atoms with Crippen molar-refractivity contribution in [1.82, 2.24) is 15.2 Å². The molecule has 0 saturated heterocycles. The molecule has 1 unspecified atom stereocenters. The van der Waals surface area contributed by atoms with Crippen molar-refractivity contribution in [3.63, 3.8) is 0 Å². The highest BCUT2D eigenvalue weighted by molar-refractivity contribution is 5.97. The van der Waals surface area contributed by atoms with Crippen LogP contribution in [-0.2, 0) is 0 Å². The first kappa shape index (κ1) is 19.6. The molecule has 0 spiro atoms. The van der Waals surface area contributed by atoms with E-state index in [9.17, 15) is 14.0 Å². The fourth-order valence-corrected chi connectivity index (χ4v) is 3.05. The van der Waals surface area contributed by atoms with Gasteiger partial charge in [-0.15, -0.1) is 0 Å². The Balaban J connectivity index is 1.79. The molecule has 0 bridgehead atoms. The number of fused-ring (bicyclic) bond motifs is 1. The molecule has 1 aromatic heterocycles. The van der Waals surface area contributed by atoms with Crippen LogP contribution in [0.2, 0.25) is 0 Å². The van der Waals surface area contributed by atoms with Crippen LogP contribution in [0.1, 0.15) is 22.0 Å². The van der Waals surface area contributed by atoms with Crippen molar-refractivity contribution < 1.29 is 13.9 Å². The smallest absolute Gasteiger partial charge is 0.261 e. The average molecular weight is 383 g/mol. The molecule has 0 radical (unpaired) electrons. The second-order valence-corrected chi connectivity index (χ2v) is 6.71. The first-order chi connectivity index (χ1) is 13.4. The van der Waals surface area contributed by atoms with Gasteiger partial charge < -0.3 is 19.9 Å². The highest BCUT2D eigenvalue weighted by Crippen LogP contribution is 2.21. The molecule has 2 N–H and O–H groups in total. The van der Waals surface area contributed by atoms with Gasteiger partial charge in [-0.2, -0.15) is 0 Å². The Labute approximate surface area is 161 Å². The van der Waals surface area contributed by atoms with Crippen molar-refractivity contribution >= 4 is 16.8 Å². The number of methoxy groups -OCH3 is 1. The Kier molecular flexibility index (Phi) is 5.75. The van der Waals surface area contributed by atoms with Crippen LogP contribution in [-0.4, -0.2) is 43.5 Å². The molecule has 0 fully saturated rings. The van der Waals surface area contributed by atoms with E-state index in [0.717, 1.165) is 11.3 Å². The predicted octanol–water partition coefficient (Wildman–Crippen LogP) is 2.71. The Morgan fingerprint density at radius 2 is 1.89 bits per heavy atom. The molecule has 0 aliphatic carbocycles. The molecule has 0 aliphatic heterocycles. The fraction of sp³-hybridized carbons (Fsp3) is 0.238. The number of hydrogen-bond acceptors (Lipinski definition) is 4. The van der Waals surface area contributed by atoms with Crippen molar-refractivity contribution in [2.45, 2.75) is 6.04 Å². The van der Waals surface area contributed by atoms with Gasteiger partial charge in [0.2, 0.25) is 0 Å². The highest BCUT2D eigenvalue weighted by Gasteiger charge is 2.18. The summed E-state index contributed by atoms with van der Waals surface area (Å²) < 4.78 is 18.5. The van der Waals surface area contributed by atoms with Crippen molar-refractivity contribution in [3.05, 3.63) is 75.8 Å². The monoisotopic (exact) mass is 383 g/mol. The number of carbonyl (C=O) groups is 1. The van der Waals surface area contributed by atoms with E-state index in [2.05, 4.69) is 10.3 Å². The number of likely N-dealkylation sites (N-methyl/N-ethyl adjacent to an activating group) is 1. The number of nitrogens with one attached hydrogen (secondary N) is 2. The lowest BCUT2D eigenvalue weighted by Gasteiger charge is -2.25. The van der Waals surface area contributed by atoms with Crippen LogP contribution in [0.15, 0.2) is 53.3 Å². The third-order valence-electron chi connectivity index (χ3n) is 4.63. The van der Waals surface area contributed by atoms with Gasteiger partial charge >= 0.3 is 0 Å². The van der Waals surface area contributed by atoms with Crippen LogP contribution in [0.4, 0.5) is 4.39 Å². The normalized spacial score (nSPS) is 12.2. The zero-order chi connectivity index (χ0) is 20.3. The zero-order valence-electron chi connectivity index (χ0n) is 16.0. The molecule has 146 valence electrons. The predicted molar refractivity (Wildman–Crippen MR) is 106 cm³/mol. The third-order valence-corrected chi connectivity index (χ3v) is 4.63. The summed E-state index contributed by atoms with van der Waals surface area (Å²) in [6.45, 7) is 0.319. The number of amides is 1. The van der Waals surface area contributed by atoms with Gasteiger partial charge in [0.25, 0.3) is 11.5 Å². The summed E-state index contributed by atoms with van der Waals surface area (Å²) >= 11 is 0. The molecule has 0 saturated carbocycles. The van der Waals surface area contributed by atoms with E-state index in [1.807, 2.05) is 43.3 Å². The number of nitrogens with zero attached hydrogens (tertiary/aromatic N) is 1. The Morgan fingerprint density at radius 3 is 2.54 bits per heavy atom. The van der Waals surface area contributed by atoms with Crippen LogP contribution in [0, 0.1) is 5.82 Å². The number of ether oxygens (including phenoxy) is 1. The number of H-pyrrole nitrogens is 1. The third kappa shape index (κ3) is 4.20. The van der Waals surface area contributed by atoms with Crippen LogP contribution in [0.25, 0.3) is 10.9 Å². The minimum Gasteiger partial charge on any atom is -0.497 e. The number of benzene rings is 2. The minimum atomic E-state index is -0.554. The second kappa shape index (κ2) is 8.22. The van der Waals surface area contributed by atoms with Gasteiger partial charge in [0, 0.05) is 6.54 Å². The van der Waals surface area contributed by atoms with Crippen LogP contribution >= 0.6 is 0 Å². The lowest BCUT2D eigenvalue weighted by atomic mass is 10.1. The first-order valence-electron chi connectivity index (χ1n) is 8.80. The summed E-state index contributed by atoms with van der Waals surface area (Å²) in [5, 5.41) is 3.41. The summed E-state index contributed by atoms with van der Waals surface area (Å²) in [7, 11) is 5.44. The lowest BCUT2D eigenvalue weighted by Crippen LogP contribution is -2.36. The van der Waals surface area contributed by atoms with Crippen molar-refractivity contribution in [2.24, 2.45) is 0 Å². The summed E-state index contributed by atoms with van der Waals surface area (Å²) in [6, 6.07) is 13.0. The Bertz CT molecular complexity index is 1040. The van der Waals surface area contributed by atoms with Gasteiger partial charge in [-0.05, 0) is 61.4 Å². The standard InChI is InChI=1S/C21H22FN3O3/c1-25(2)19(13-5-8-16(28-3)9-6-13)12-23-20(26)17-10-14-4-7-15(22)11-18(14)24-21(17)27/h4-11,19H,12H2,1-3H3,(H,23,26)(H,24,27). The largest absolute Gasteiger partial charge is 0.497 e. The number of pyridine rings is 1. The minimum absolute atomic E-state index is 0.00801. The molecule has 7 heteroatoms. The van der Waals surface area contributed by atoms with Crippen molar-refractivity contribution in [3.8, 4) is 5.75 Å². The molecule has 3 rings (SSSR count). The van der Waals surface area contributed by atoms with E-state index in [4.69, 9.17) is 4.74 Å². The van der Waals surface area contributed by atoms with Gasteiger partial charge in [0.05, 0.1) is 18.7 Å². The van der Waals surface area contributed by atoms with Gasteiger partial charge in [0.15, 0.2) is 0 Å².